The van der Waals surface area contributed by atoms with E-state index in [2.05, 4.69) is 81.3 Å². The van der Waals surface area contributed by atoms with Gasteiger partial charge in [0.25, 0.3) is 0 Å². The van der Waals surface area contributed by atoms with E-state index >= 15 is 0 Å². The van der Waals surface area contributed by atoms with Crippen LogP contribution in [0.1, 0.15) is 260 Å². The third-order valence-electron chi connectivity index (χ3n) is 20.3. The van der Waals surface area contributed by atoms with Gasteiger partial charge in [-0.05, 0) is 236 Å². The molecule has 126 heavy (non-hydrogen) atoms. The molecule has 0 fully saturated rings. The Bertz CT molecular complexity index is 7550. The summed E-state index contributed by atoms with van der Waals surface area (Å²) in [5.74, 6) is -9.02. The zero-order valence-corrected chi connectivity index (χ0v) is 79.5. The molecule has 3 unspecified atom stereocenters. The van der Waals surface area contributed by atoms with Crippen molar-refractivity contribution in [3.05, 3.63) is 338 Å². The molecule has 0 saturated carbocycles. The van der Waals surface area contributed by atoms with Gasteiger partial charge in [-0.2, -0.15) is 0 Å². The molecule has 18 aromatic rings. The van der Waals surface area contributed by atoms with Crippen molar-refractivity contribution in [2.24, 2.45) is 0 Å². The number of aromatic nitrogens is 9. The van der Waals surface area contributed by atoms with Crippen LogP contribution in [0.3, 0.4) is 0 Å². The van der Waals surface area contributed by atoms with Gasteiger partial charge in [0, 0.05) is 172 Å². The van der Waals surface area contributed by atoms with Crippen molar-refractivity contribution in [1.82, 2.24) is 44.9 Å². The molecule has 0 saturated heterocycles. The molecule has 3 radical (unpaired) electrons. The molecule has 18 rings (SSSR count). The first kappa shape index (κ1) is 63.0. The third kappa shape index (κ3) is 22.0. The molecule has 651 valence electrons. The van der Waals surface area contributed by atoms with Crippen LogP contribution in [-0.4, -0.2) is 44.9 Å². The van der Waals surface area contributed by atoms with E-state index < -0.39 is 90.2 Å². The summed E-state index contributed by atoms with van der Waals surface area (Å²) in [5, 5.41) is 2.23. The van der Waals surface area contributed by atoms with E-state index in [1.54, 1.807) is 157 Å². The molecule has 3 atom stereocenters. The van der Waals surface area contributed by atoms with Gasteiger partial charge in [0.15, 0.2) is 0 Å². The fourth-order valence-electron chi connectivity index (χ4n) is 14.2. The number of fused-ring (bicyclic) bond motifs is 9. The minimum atomic E-state index is -2.58. The number of nitrogens with zero attached hydrogens (tertiary/aromatic N) is 9. The zero-order valence-electron chi connectivity index (χ0n) is 102. The molecule has 0 amide bonds. The quantitative estimate of drug-likeness (QED) is 0.107. The molecule has 0 aliphatic heterocycles. The number of aryl methyl sites for hydroxylation is 12. The summed E-state index contributed by atoms with van der Waals surface area (Å²) in [4.78, 5) is 39.2. The second-order valence-electron chi connectivity index (χ2n) is 30.5. The van der Waals surface area contributed by atoms with Gasteiger partial charge in [0.05, 0.1) is 16.7 Å². The van der Waals surface area contributed by atoms with Gasteiger partial charge in [-0.3, -0.25) is 0 Å². The van der Waals surface area contributed by atoms with Crippen molar-refractivity contribution in [3.63, 3.8) is 0 Å². The van der Waals surface area contributed by atoms with E-state index in [1.165, 1.54) is 70.0 Å². The summed E-state index contributed by atoms with van der Waals surface area (Å²) in [7, 11) is 0. The minimum Gasteiger partial charge on any atom is -0.486 e. The summed E-state index contributed by atoms with van der Waals surface area (Å²) in [6.45, 7) is 6.81. The van der Waals surface area contributed by atoms with Crippen molar-refractivity contribution >= 4 is 66.2 Å². The maximum Gasteiger partial charge on any atom is 0.216 e. The van der Waals surface area contributed by atoms with Gasteiger partial charge in [0.1, 0.15) is 0 Å². The van der Waals surface area contributed by atoms with Crippen LogP contribution in [0.15, 0.2) is 214 Å². The van der Waals surface area contributed by atoms with Gasteiger partial charge in [-0.15, -0.1) is 161 Å². The number of hydrogen-bond acceptors (Lipinski definition) is 12. The molecule has 15 heteroatoms. The summed E-state index contributed by atoms with van der Waals surface area (Å²) in [6, 6.07) is 66.3. The normalized spacial score (nSPS) is 17.0. The predicted octanol–water partition coefficient (Wildman–Crippen LogP) is 29.6. The molecule has 0 aliphatic rings. The van der Waals surface area contributed by atoms with Gasteiger partial charge >= 0.3 is 0 Å². The topological polar surface area (TPSA) is 155 Å². The molecule has 12 heterocycles. The fourth-order valence-corrected chi connectivity index (χ4v) is 14.2. The number of furan rings is 3. The van der Waals surface area contributed by atoms with E-state index in [-0.39, 0.29) is 133 Å². The van der Waals surface area contributed by atoms with Gasteiger partial charge in [-0.1, -0.05) is 171 Å². The van der Waals surface area contributed by atoms with Crippen LogP contribution in [0, 0.1) is 119 Å². The summed E-state index contributed by atoms with van der Waals surface area (Å²) in [5.41, 5.74) is 15.4. The van der Waals surface area contributed by atoms with Crippen molar-refractivity contribution in [3.8, 4) is 67.5 Å². The van der Waals surface area contributed by atoms with Crippen molar-refractivity contribution in [2.75, 3.05) is 0 Å². The van der Waals surface area contributed by atoms with Crippen LogP contribution < -0.4 is 0 Å². The Labute approximate surface area is 827 Å². The number of benzene rings is 6. The van der Waals surface area contributed by atoms with Gasteiger partial charge in [-0.25, -0.2) is 15.0 Å². The van der Waals surface area contributed by atoms with Crippen LogP contribution in [-0.2, 0) is 60.3 Å². The fraction of sp³-hybridized carbons (Fsp3) is 0.270. The Kier molecular flexibility index (Phi) is 21.5. The monoisotopic (exact) mass is 2230 g/mol. The molecule has 0 bridgehead atoms. The minimum absolute atomic E-state index is 0. The van der Waals surface area contributed by atoms with Crippen molar-refractivity contribution < 1.29 is 115 Å². The SMILES string of the molecule is [2H]C([2H])([2H])c1cc(C)nc2oc3c(-c4cc(C([2H])(C)C([2H])([2H])[2H])c(C)cn4)[c-]cc(C([2H])(C)C)c3c12.[2H]C([2H])([2H])c1cc(C)nc2oc3c(-c4cc(C([2H])(C)C([2H])([2H])[2H])c(C)cn4)[c-]cc(C([2H])(C)C)c3c12.[2H]C([2H])([2H])c1cc(C)nc2oc3c(-c4cc(C([2H])(C)C([2H])([2H])[2H])c(C)cn4)[c-]cc(C([2H])(C)C)c3c12.[2H]C([2H])([2H])c1ccc(-c2[c-]cccc2)nc1.[2H]C([2H])([2H])c1cnc(-c2[c-]cccc2)cc1C.[Ir].[Ir].[Ir].[c-]1ccccc1-c1ccccn1. The Morgan fingerprint density at radius 3 is 0.937 bits per heavy atom. The van der Waals surface area contributed by atoms with E-state index in [4.69, 9.17) is 54.4 Å². The zero-order chi connectivity index (χ0) is 113. The van der Waals surface area contributed by atoms with Crippen molar-refractivity contribution in [2.45, 2.75) is 201 Å². The largest absolute Gasteiger partial charge is 0.486 e. The van der Waals surface area contributed by atoms with E-state index in [9.17, 15) is 0 Å². The maximum absolute atomic E-state index is 8.70. The van der Waals surface area contributed by atoms with Crippen LogP contribution in [0.4, 0.5) is 0 Å². The number of hydrogen-bond donors (Lipinski definition) is 0. The molecular formula is C111H111Ir3N9O3-6. The molecule has 12 nitrogen and oxygen atoms in total. The predicted molar refractivity (Wildman–Crippen MR) is 508 cm³/mol. The first-order valence-corrected chi connectivity index (χ1v) is 39.6. The maximum atomic E-state index is 8.70. The van der Waals surface area contributed by atoms with Crippen LogP contribution >= 0.6 is 0 Å². The molecule has 0 spiro atoms. The average molecular weight is 2230 g/mol. The summed E-state index contributed by atoms with van der Waals surface area (Å²) >= 11 is 0. The Balaban J connectivity index is 0.000000197. The van der Waals surface area contributed by atoms with Crippen LogP contribution in [0.5, 0.6) is 0 Å². The second kappa shape index (κ2) is 43.0. The second-order valence-corrected chi connectivity index (χ2v) is 30.5. The third-order valence-corrected chi connectivity index (χ3v) is 20.3. The molecule has 12 aromatic heterocycles. The number of pyridine rings is 9. The van der Waals surface area contributed by atoms with Gasteiger partial charge in [0.2, 0.25) is 17.1 Å². The summed E-state index contributed by atoms with van der Waals surface area (Å²) in [6.07, 6.45) is 9.12. The smallest absolute Gasteiger partial charge is 0.216 e. The molecule has 0 aliphatic carbocycles. The van der Waals surface area contributed by atoms with Crippen molar-refractivity contribution in [1.29, 1.82) is 0 Å². The molecule has 6 aromatic carbocycles. The van der Waals surface area contributed by atoms with Gasteiger partial charge < -0.3 is 43.2 Å². The molecule has 0 N–H and O–H groups in total. The molecular weight excluding hydrogens is 2080 g/mol. The Morgan fingerprint density at radius 2 is 0.635 bits per heavy atom. The van der Waals surface area contributed by atoms with Crippen LogP contribution in [0.2, 0.25) is 0 Å². The van der Waals surface area contributed by atoms with E-state index in [0.29, 0.717) is 122 Å². The average Bonchev–Trinajstić information content (AvgIpc) is 1.55. The van der Waals surface area contributed by atoms with E-state index in [0.717, 1.165) is 39.3 Å². The standard InChI is InChI=1S/3C25H27N2O.C13H12N.C12H10N.C11H8N.3Ir/c3*1-13(2)18-8-9-19(21-11-20(14(3)4)16(6)12-26-21)24-23(18)22-15(5)10-17(7)27-25(22)28-24;1-10-8-13(14-9-11(10)2)12-6-4-3-5-7-12;1-10-7-8-12(13-9-10)11-5-3-2-4-6-11;1-2-6-10(7-3-1)11-8-4-5-9-12-11;;;/h3*8,10-14H,1-7H3;3-6,8-9H,1-2H3;2-5,7-9H,1H3;1-6,8-9H;;;/q6*-1;;;/i3*3D3,5D3,13D,14D;2D3;1D3;;;;. The Morgan fingerprint density at radius 1 is 0.294 bits per heavy atom. The number of rotatable bonds is 12. The summed E-state index contributed by atoms with van der Waals surface area (Å²) < 4.78 is 258. The Hall–Kier alpha value is -11.0. The first-order chi connectivity index (χ1) is 70.5. The van der Waals surface area contributed by atoms with E-state index in [1.807, 2.05) is 84.9 Å². The van der Waals surface area contributed by atoms with Crippen LogP contribution in [0.25, 0.3) is 134 Å². The first-order valence-electron chi connectivity index (χ1n) is 54.6.